The number of aromatic amines is 1. The summed E-state index contributed by atoms with van der Waals surface area (Å²) in [6, 6.07) is 5.75. The molecule has 0 bridgehead atoms. The van der Waals surface area contributed by atoms with Gasteiger partial charge in [-0.2, -0.15) is 5.10 Å². The Bertz CT molecular complexity index is 794. The highest BCUT2D eigenvalue weighted by Gasteiger charge is 2.23. The Morgan fingerprint density at radius 1 is 1.27 bits per heavy atom. The molecule has 0 saturated heterocycles. The molecular formula is C20H25N3O3. The molecule has 2 heterocycles. The van der Waals surface area contributed by atoms with Crippen LogP contribution in [0.3, 0.4) is 0 Å². The lowest BCUT2D eigenvalue weighted by atomic mass is 10.0. The number of amides is 1. The number of carbonyl (C=O) groups is 1. The van der Waals surface area contributed by atoms with Gasteiger partial charge in [-0.3, -0.25) is 9.89 Å². The van der Waals surface area contributed by atoms with Gasteiger partial charge in [0.1, 0.15) is 5.69 Å². The summed E-state index contributed by atoms with van der Waals surface area (Å²) in [5.41, 5.74) is 3.43. The van der Waals surface area contributed by atoms with Crippen molar-refractivity contribution in [3.05, 3.63) is 23.9 Å². The summed E-state index contributed by atoms with van der Waals surface area (Å²) < 4.78 is 10.9. The zero-order chi connectivity index (χ0) is 17.9. The van der Waals surface area contributed by atoms with Crippen molar-refractivity contribution < 1.29 is 14.3 Å². The molecule has 6 heteroatoms. The molecule has 26 heavy (non-hydrogen) atoms. The van der Waals surface area contributed by atoms with Gasteiger partial charge in [-0.05, 0) is 43.4 Å². The molecule has 1 saturated carbocycles. The third-order valence-electron chi connectivity index (χ3n) is 5.20. The number of carbonyl (C=O) groups excluding carboxylic acids is 1. The maximum atomic E-state index is 12.6. The van der Waals surface area contributed by atoms with Crippen LogP contribution < -0.4 is 14.8 Å². The fourth-order valence-electron chi connectivity index (χ4n) is 3.86. The smallest absolute Gasteiger partial charge is 0.231 e. The number of hydrogen-bond donors (Lipinski definition) is 2. The molecule has 0 unspecified atom stereocenters. The second-order valence-electron chi connectivity index (χ2n) is 7.15. The monoisotopic (exact) mass is 355 g/mol. The van der Waals surface area contributed by atoms with Crippen molar-refractivity contribution in [3.8, 4) is 22.8 Å². The second-order valence-corrected chi connectivity index (χ2v) is 7.15. The molecule has 1 fully saturated rings. The molecule has 2 N–H and O–H groups in total. The molecule has 138 valence electrons. The zero-order valence-electron chi connectivity index (χ0n) is 15.1. The van der Waals surface area contributed by atoms with Crippen LogP contribution in [0.2, 0.25) is 0 Å². The first-order chi connectivity index (χ1) is 12.7. The minimum Gasteiger partial charge on any atom is -0.454 e. The SMILES string of the molecule is CCCc1[nH]nc(-c2ccc3c(c2)OCO3)c1NC(=O)CC1CCCC1. The summed E-state index contributed by atoms with van der Waals surface area (Å²) >= 11 is 0. The molecular weight excluding hydrogens is 330 g/mol. The van der Waals surface area contributed by atoms with Crippen molar-refractivity contribution in [2.24, 2.45) is 5.92 Å². The number of nitrogens with zero attached hydrogens (tertiary/aromatic N) is 1. The third-order valence-corrected chi connectivity index (χ3v) is 5.20. The van der Waals surface area contributed by atoms with E-state index in [1.807, 2.05) is 18.2 Å². The Kier molecular flexibility index (Phi) is 4.82. The number of H-pyrrole nitrogens is 1. The molecule has 1 amide bonds. The van der Waals surface area contributed by atoms with E-state index in [0.29, 0.717) is 18.1 Å². The maximum Gasteiger partial charge on any atom is 0.231 e. The first kappa shape index (κ1) is 16.9. The van der Waals surface area contributed by atoms with Crippen LogP contribution in [0.4, 0.5) is 5.69 Å². The minimum atomic E-state index is 0.0812. The van der Waals surface area contributed by atoms with Gasteiger partial charge in [-0.1, -0.05) is 26.2 Å². The number of aromatic nitrogens is 2. The van der Waals surface area contributed by atoms with Crippen molar-refractivity contribution in [2.75, 3.05) is 12.1 Å². The number of ether oxygens (including phenoxy) is 2. The number of rotatable bonds is 6. The van der Waals surface area contributed by atoms with Crippen LogP contribution in [-0.2, 0) is 11.2 Å². The molecule has 0 spiro atoms. The van der Waals surface area contributed by atoms with Crippen LogP contribution in [0.5, 0.6) is 11.5 Å². The lowest BCUT2D eigenvalue weighted by molar-refractivity contribution is -0.117. The van der Waals surface area contributed by atoms with Gasteiger partial charge in [0.15, 0.2) is 11.5 Å². The van der Waals surface area contributed by atoms with Gasteiger partial charge in [0.25, 0.3) is 0 Å². The molecule has 1 aliphatic heterocycles. The zero-order valence-corrected chi connectivity index (χ0v) is 15.1. The standard InChI is InChI=1S/C20H25N3O3/c1-2-5-15-20(21-18(24)10-13-6-3-4-7-13)19(23-22-15)14-8-9-16-17(11-14)26-12-25-16/h8-9,11,13H,2-7,10,12H2,1H3,(H,21,24)(H,22,23). The van der Waals surface area contributed by atoms with E-state index >= 15 is 0 Å². The summed E-state index contributed by atoms with van der Waals surface area (Å²) in [5.74, 6) is 2.05. The van der Waals surface area contributed by atoms with Gasteiger partial charge in [0, 0.05) is 12.0 Å². The van der Waals surface area contributed by atoms with E-state index in [1.54, 1.807) is 0 Å². The third kappa shape index (κ3) is 3.41. The number of aryl methyl sites for hydroxylation is 1. The molecule has 6 nitrogen and oxygen atoms in total. The average Bonchev–Trinajstić information content (AvgIpc) is 3.36. The molecule has 1 aliphatic carbocycles. The Morgan fingerprint density at radius 3 is 2.88 bits per heavy atom. The largest absolute Gasteiger partial charge is 0.454 e. The maximum absolute atomic E-state index is 12.6. The Labute approximate surface area is 153 Å². The van der Waals surface area contributed by atoms with Crippen molar-refractivity contribution in [1.29, 1.82) is 0 Å². The Balaban J connectivity index is 1.59. The summed E-state index contributed by atoms with van der Waals surface area (Å²) in [4.78, 5) is 12.6. The van der Waals surface area contributed by atoms with E-state index in [2.05, 4.69) is 22.4 Å². The minimum absolute atomic E-state index is 0.0812. The van der Waals surface area contributed by atoms with Crippen molar-refractivity contribution >= 4 is 11.6 Å². The number of nitrogens with one attached hydrogen (secondary N) is 2. The van der Waals surface area contributed by atoms with Gasteiger partial charge >= 0.3 is 0 Å². The van der Waals surface area contributed by atoms with Crippen LogP contribution in [0, 0.1) is 5.92 Å². The molecule has 0 radical (unpaired) electrons. The first-order valence-corrected chi connectivity index (χ1v) is 9.51. The summed E-state index contributed by atoms with van der Waals surface area (Å²) in [5, 5.41) is 10.7. The quantitative estimate of drug-likeness (QED) is 0.811. The van der Waals surface area contributed by atoms with E-state index in [4.69, 9.17) is 9.47 Å². The predicted molar refractivity (Wildman–Crippen MR) is 99.3 cm³/mol. The van der Waals surface area contributed by atoms with Gasteiger partial charge in [-0.15, -0.1) is 0 Å². The van der Waals surface area contributed by atoms with E-state index < -0.39 is 0 Å². The van der Waals surface area contributed by atoms with Crippen LogP contribution in [-0.4, -0.2) is 22.9 Å². The lowest BCUT2D eigenvalue weighted by Gasteiger charge is -2.11. The normalized spacial score (nSPS) is 16.2. The molecule has 0 atom stereocenters. The van der Waals surface area contributed by atoms with Gasteiger partial charge in [0.05, 0.1) is 11.4 Å². The first-order valence-electron chi connectivity index (χ1n) is 9.51. The number of hydrogen-bond acceptors (Lipinski definition) is 4. The lowest BCUT2D eigenvalue weighted by Crippen LogP contribution is -2.16. The van der Waals surface area contributed by atoms with E-state index in [0.717, 1.165) is 54.1 Å². The Morgan fingerprint density at radius 2 is 2.08 bits per heavy atom. The summed E-state index contributed by atoms with van der Waals surface area (Å²) in [6.45, 7) is 2.36. The summed E-state index contributed by atoms with van der Waals surface area (Å²) in [7, 11) is 0. The fourth-order valence-corrected chi connectivity index (χ4v) is 3.86. The fraction of sp³-hybridized carbons (Fsp3) is 0.500. The summed E-state index contributed by atoms with van der Waals surface area (Å²) in [6.07, 6.45) is 7.23. The average molecular weight is 355 g/mol. The topological polar surface area (TPSA) is 76.2 Å². The number of anilines is 1. The molecule has 4 rings (SSSR count). The van der Waals surface area contributed by atoms with Gasteiger partial charge in [-0.25, -0.2) is 0 Å². The van der Waals surface area contributed by atoms with E-state index in [1.165, 1.54) is 12.8 Å². The van der Waals surface area contributed by atoms with Gasteiger partial charge < -0.3 is 14.8 Å². The van der Waals surface area contributed by atoms with Crippen LogP contribution >= 0.6 is 0 Å². The predicted octanol–water partition coefficient (Wildman–Crippen LogP) is 4.28. The highest BCUT2D eigenvalue weighted by molar-refractivity contribution is 5.95. The Hall–Kier alpha value is -2.50. The second kappa shape index (κ2) is 7.40. The van der Waals surface area contributed by atoms with Crippen molar-refractivity contribution in [1.82, 2.24) is 10.2 Å². The number of benzene rings is 1. The highest BCUT2D eigenvalue weighted by Crippen LogP contribution is 2.38. The number of fused-ring (bicyclic) bond motifs is 1. The van der Waals surface area contributed by atoms with Crippen molar-refractivity contribution in [2.45, 2.75) is 51.9 Å². The molecule has 1 aromatic heterocycles. The molecule has 2 aliphatic rings. The van der Waals surface area contributed by atoms with Gasteiger partial charge in [0.2, 0.25) is 12.7 Å². The van der Waals surface area contributed by atoms with Crippen LogP contribution in [0.15, 0.2) is 18.2 Å². The van der Waals surface area contributed by atoms with Crippen LogP contribution in [0.25, 0.3) is 11.3 Å². The van der Waals surface area contributed by atoms with Crippen LogP contribution in [0.1, 0.15) is 51.1 Å². The molecule has 2 aromatic rings. The highest BCUT2D eigenvalue weighted by atomic mass is 16.7. The molecule has 1 aromatic carbocycles. The van der Waals surface area contributed by atoms with E-state index in [9.17, 15) is 4.79 Å². The van der Waals surface area contributed by atoms with Crippen molar-refractivity contribution in [3.63, 3.8) is 0 Å². The van der Waals surface area contributed by atoms with E-state index in [-0.39, 0.29) is 12.7 Å².